The Bertz CT molecular complexity index is 274. The van der Waals surface area contributed by atoms with E-state index in [9.17, 15) is 0 Å². The molecule has 1 aromatic rings. The molecule has 2 nitrogen and oxygen atoms in total. The van der Waals surface area contributed by atoms with Crippen LogP contribution in [-0.4, -0.2) is 4.98 Å². The molecule has 74 valence electrons. The predicted molar refractivity (Wildman–Crippen MR) is 53.8 cm³/mol. The van der Waals surface area contributed by atoms with Gasteiger partial charge in [-0.25, -0.2) is 4.98 Å². The van der Waals surface area contributed by atoms with Crippen molar-refractivity contribution in [1.82, 2.24) is 4.98 Å². The lowest BCUT2D eigenvalue weighted by Gasteiger charge is -2.24. The number of aromatic nitrogens is 1. The van der Waals surface area contributed by atoms with E-state index in [4.69, 9.17) is 4.42 Å². The number of rotatable bonds is 1. The van der Waals surface area contributed by atoms with E-state index in [0.717, 1.165) is 17.3 Å². The van der Waals surface area contributed by atoms with E-state index in [0.29, 0.717) is 5.92 Å². The summed E-state index contributed by atoms with van der Waals surface area (Å²) in [5.41, 5.74) is 1.22. The first-order valence-electron chi connectivity index (χ1n) is 4.76. The molecule has 0 saturated heterocycles. The summed E-state index contributed by atoms with van der Waals surface area (Å²) in [7, 11) is 0. The van der Waals surface area contributed by atoms with Crippen LogP contribution in [0.2, 0.25) is 0 Å². The number of hydrogen-bond acceptors (Lipinski definition) is 2. The molecule has 0 amide bonds. The minimum Gasteiger partial charge on any atom is -0.445 e. The van der Waals surface area contributed by atoms with Gasteiger partial charge >= 0.3 is 0 Å². The summed E-state index contributed by atoms with van der Waals surface area (Å²) in [5, 5.41) is 0. The van der Waals surface area contributed by atoms with Gasteiger partial charge in [0.2, 0.25) is 0 Å². The van der Waals surface area contributed by atoms with Gasteiger partial charge in [-0.2, -0.15) is 0 Å². The molecule has 0 aliphatic heterocycles. The Morgan fingerprint density at radius 3 is 2.08 bits per heavy atom. The van der Waals surface area contributed by atoms with Gasteiger partial charge in [-0.1, -0.05) is 27.7 Å². The first kappa shape index (κ1) is 10.3. The lowest BCUT2D eigenvalue weighted by Crippen LogP contribution is -2.15. The van der Waals surface area contributed by atoms with Crippen LogP contribution in [0, 0.1) is 19.3 Å². The summed E-state index contributed by atoms with van der Waals surface area (Å²) in [6.07, 6.45) is 0. The Labute approximate surface area is 80.4 Å². The second kappa shape index (κ2) is 3.17. The average molecular weight is 181 g/mol. The van der Waals surface area contributed by atoms with Crippen LogP contribution in [0.15, 0.2) is 4.42 Å². The monoisotopic (exact) mass is 181 g/mol. The van der Waals surface area contributed by atoms with Crippen molar-refractivity contribution in [1.29, 1.82) is 0 Å². The molecule has 13 heavy (non-hydrogen) atoms. The second-order valence-corrected chi connectivity index (χ2v) is 4.78. The molecule has 0 N–H and O–H groups in total. The molecule has 1 atom stereocenters. The van der Waals surface area contributed by atoms with Crippen LogP contribution in [-0.2, 0) is 0 Å². The number of aryl methyl sites for hydroxylation is 2. The third kappa shape index (κ3) is 2.11. The Morgan fingerprint density at radius 2 is 1.77 bits per heavy atom. The van der Waals surface area contributed by atoms with Crippen LogP contribution >= 0.6 is 0 Å². The zero-order valence-electron chi connectivity index (χ0n) is 9.43. The normalized spacial score (nSPS) is 14.6. The summed E-state index contributed by atoms with van der Waals surface area (Å²) in [4.78, 5) is 4.41. The molecule has 0 aromatic carbocycles. The molecule has 1 aromatic heterocycles. The van der Waals surface area contributed by atoms with E-state index >= 15 is 0 Å². The standard InChI is InChI=1S/C11H19NO/c1-7(11(4,5)6)10-12-8(2)9(3)13-10/h7H,1-6H3. The zero-order valence-corrected chi connectivity index (χ0v) is 9.43. The Balaban J connectivity index is 2.96. The SMILES string of the molecule is Cc1nc(C(C)C(C)(C)C)oc1C. The van der Waals surface area contributed by atoms with Crippen LogP contribution in [0.5, 0.6) is 0 Å². The van der Waals surface area contributed by atoms with Crippen molar-refractivity contribution in [3.63, 3.8) is 0 Å². The Kier molecular flexibility index (Phi) is 2.51. The van der Waals surface area contributed by atoms with Gasteiger partial charge in [0.15, 0.2) is 5.89 Å². The highest BCUT2D eigenvalue weighted by Crippen LogP contribution is 2.34. The first-order chi connectivity index (χ1) is 5.82. The van der Waals surface area contributed by atoms with Gasteiger partial charge in [-0.15, -0.1) is 0 Å². The van der Waals surface area contributed by atoms with Gasteiger partial charge in [0.25, 0.3) is 0 Å². The molecule has 0 aliphatic rings. The largest absolute Gasteiger partial charge is 0.445 e. The molecule has 1 heterocycles. The van der Waals surface area contributed by atoms with Gasteiger partial charge < -0.3 is 4.42 Å². The highest BCUT2D eigenvalue weighted by molar-refractivity contribution is 5.08. The Morgan fingerprint density at radius 1 is 1.23 bits per heavy atom. The zero-order chi connectivity index (χ0) is 10.2. The highest BCUT2D eigenvalue weighted by Gasteiger charge is 2.26. The fourth-order valence-corrected chi connectivity index (χ4v) is 1.05. The molecule has 0 spiro atoms. The molecule has 1 rings (SSSR count). The maximum Gasteiger partial charge on any atom is 0.197 e. The van der Waals surface area contributed by atoms with Crippen molar-refractivity contribution in [2.45, 2.75) is 47.5 Å². The van der Waals surface area contributed by atoms with Crippen molar-refractivity contribution in [2.24, 2.45) is 5.41 Å². The smallest absolute Gasteiger partial charge is 0.197 e. The Hall–Kier alpha value is -0.790. The lowest BCUT2D eigenvalue weighted by molar-refractivity contribution is 0.285. The second-order valence-electron chi connectivity index (χ2n) is 4.78. The topological polar surface area (TPSA) is 26.0 Å². The fourth-order valence-electron chi connectivity index (χ4n) is 1.05. The van der Waals surface area contributed by atoms with Gasteiger partial charge in [-0.3, -0.25) is 0 Å². The maximum absolute atomic E-state index is 5.59. The van der Waals surface area contributed by atoms with E-state index in [1.165, 1.54) is 0 Å². The van der Waals surface area contributed by atoms with Crippen LogP contribution in [0.25, 0.3) is 0 Å². The van der Waals surface area contributed by atoms with E-state index in [1.54, 1.807) is 0 Å². The van der Waals surface area contributed by atoms with Gasteiger partial charge in [0.05, 0.1) is 5.69 Å². The number of oxazole rings is 1. The van der Waals surface area contributed by atoms with Crippen molar-refractivity contribution in [3.8, 4) is 0 Å². The van der Waals surface area contributed by atoms with Gasteiger partial charge in [0, 0.05) is 5.92 Å². The van der Waals surface area contributed by atoms with Gasteiger partial charge in [0.1, 0.15) is 5.76 Å². The first-order valence-corrected chi connectivity index (χ1v) is 4.76. The van der Waals surface area contributed by atoms with E-state index in [-0.39, 0.29) is 5.41 Å². The van der Waals surface area contributed by atoms with Crippen molar-refractivity contribution >= 4 is 0 Å². The molecular formula is C11H19NO. The summed E-state index contributed by atoms with van der Waals surface area (Å²) in [5.74, 6) is 2.16. The predicted octanol–water partition coefficient (Wildman–Crippen LogP) is 3.44. The summed E-state index contributed by atoms with van der Waals surface area (Å²) in [6.45, 7) is 12.7. The average Bonchev–Trinajstić information content (AvgIpc) is 2.29. The number of hydrogen-bond donors (Lipinski definition) is 0. The quantitative estimate of drug-likeness (QED) is 0.663. The van der Waals surface area contributed by atoms with Crippen molar-refractivity contribution < 1.29 is 4.42 Å². The van der Waals surface area contributed by atoms with Crippen LogP contribution in [0.3, 0.4) is 0 Å². The summed E-state index contributed by atoms with van der Waals surface area (Å²) >= 11 is 0. The van der Waals surface area contributed by atoms with Crippen LogP contribution in [0.1, 0.15) is 51.0 Å². The summed E-state index contributed by atoms with van der Waals surface area (Å²) < 4.78 is 5.59. The minimum atomic E-state index is 0.212. The third-order valence-corrected chi connectivity index (χ3v) is 2.71. The molecule has 0 aliphatic carbocycles. The number of nitrogens with zero attached hydrogens (tertiary/aromatic N) is 1. The van der Waals surface area contributed by atoms with E-state index in [2.05, 4.69) is 32.7 Å². The lowest BCUT2D eigenvalue weighted by atomic mass is 9.82. The molecule has 2 heteroatoms. The highest BCUT2D eigenvalue weighted by atomic mass is 16.4. The van der Waals surface area contributed by atoms with Gasteiger partial charge in [-0.05, 0) is 19.3 Å². The summed E-state index contributed by atoms with van der Waals surface area (Å²) in [6, 6.07) is 0. The van der Waals surface area contributed by atoms with Crippen LogP contribution in [0.4, 0.5) is 0 Å². The van der Waals surface area contributed by atoms with E-state index < -0.39 is 0 Å². The minimum absolute atomic E-state index is 0.212. The third-order valence-electron chi connectivity index (χ3n) is 2.71. The fraction of sp³-hybridized carbons (Fsp3) is 0.727. The molecule has 1 unspecified atom stereocenters. The van der Waals surface area contributed by atoms with Crippen LogP contribution < -0.4 is 0 Å². The van der Waals surface area contributed by atoms with Crippen molar-refractivity contribution in [2.75, 3.05) is 0 Å². The molecule has 0 bridgehead atoms. The van der Waals surface area contributed by atoms with Crippen molar-refractivity contribution in [3.05, 3.63) is 17.3 Å². The van der Waals surface area contributed by atoms with E-state index in [1.807, 2.05) is 13.8 Å². The maximum atomic E-state index is 5.59. The molecule has 0 fully saturated rings. The molecule has 0 saturated carbocycles. The molecule has 0 radical (unpaired) electrons. The molecular weight excluding hydrogens is 162 g/mol.